The number of carbonyl (C=O) groups is 2. The molecule has 0 radical (unpaired) electrons. The average molecular weight is 475 g/mol. The molecule has 1 unspecified atom stereocenters. The summed E-state index contributed by atoms with van der Waals surface area (Å²) in [5, 5.41) is 0. The average Bonchev–Trinajstić information content (AvgIpc) is 3.42. The Morgan fingerprint density at radius 2 is 1.84 bits per heavy atom. The summed E-state index contributed by atoms with van der Waals surface area (Å²) >= 11 is 0. The van der Waals surface area contributed by atoms with Crippen LogP contribution >= 0.6 is 0 Å². The quantitative estimate of drug-likeness (QED) is 0.624. The number of rotatable bonds is 4. The molecule has 1 aromatic rings. The first-order valence-corrected chi connectivity index (χ1v) is 11.9. The van der Waals surface area contributed by atoms with Crippen LogP contribution in [-0.2, 0) is 30.3 Å². The van der Waals surface area contributed by atoms with Gasteiger partial charge in [-0.3, -0.25) is 4.79 Å². The molecule has 1 aromatic carbocycles. The van der Waals surface area contributed by atoms with Crippen molar-refractivity contribution in [1.29, 1.82) is 0 Å². The van der Waals surface area contributed by atoms with Crippen molar-refractivity contribution in [3.05, 3.63) is 29.8 Å². The Morgan fingerprint density at radius 1 is 1.12 bits per heavy atom. The van der Waals surface area contributed by atoms with Crippen molar-refractivity contribution in [2.45, 2.75) is 48.8 Å². The molecule has 0 spiro atoms. The first kappa shape index (κ1) is 23.0. The van der Waals surface area contributed by atoms with Crippen LogP contribution in [0.25, 0.3) is 0 Å². The van der Waals surface area contributed by atoms with Gasteiger partial charge in [0.1, 0.15) is 12.6 Å². The van der Waals surface area contributed by atoms with Gasteiger partial charge in [-0.1, -0.05) is 10.3 Å². The number of piperidine rings is 1. The lowest BCUT2D eigenvalue weighted by Gasteiger charge is -2.38. The monoisotopic (exact) mass is 475 g/mol. The number of ether oxygens (including phenoxy) is 1. The lowest BCUT2D eigenvalue weighted by atomic mass is 10.0. The van der Waals surface area contributed by atoms with Crippen LogP contribution in [0.3, 0.4) is 0 Å². The first-order valence-electron chi connectivity index (χ1n) is 10.5. The lowest BCUT2D eigenvalue weighted by Crippen LogP contribution is -2.53. The highest BCUT2D eigenvalue weighted by atomic mass is 32.3. The van der Waals surface area contributed by atoms with Crippen LogP contribution in [0.2, 0.25) is 0 Å². The zero-order chi connectivity index (χ0) is 23.1. The van der Waals surface area contributed by atoms with Gasteiger partial charge < -0.3 is 19.1 Å². The van der Waals surface area contributed by atoms with E-state index in [-0.39, 0.29) is 24.6 Å². The van der Waals surface area contributed by atoms with Gasteiger partial charge in [0.15, 0.2) is 15.3 Å². The highest BCUT2D eigenvalue weighted by Crippen LogP contribution is 2.35. The standard InChI is InChI=1S/C20H24F3N3O5S/c21-20(22,23)14-3-1-4-16(13-14)32(29,30)26-8-2-5-17(26)18(27)24-9-6-15(7-10-24)25-11-12-31-19(25)28/h1,3-4,13,15,17H,2,5-12H2/t17-/m0/s1. The molecule has 3 heterocycles. The molecule has 0 saturated carbocycles. The Kier molecular flexibility index (Phi) is 6.21. The molecule has 12 heteroatoms. The van der Waals surface area contributed by atoms with Crippen molar-refractivity contribution in [1.82, 2.24) is 14.1 Å². The molecule has 8 nitrogen and oxygen atoms in total. The van der Waals surface area contributed by atoms with E-state index in [2.05, 4.69) is 0 Å². The van der Waals surface area contributed by atoms with Crippen molar-refractivity contribution in [2.24, 2.45) is 0 Å². The van der Waals surface area contributed by atoms with Crippen molar-refractivity contribution < 1.29 is 36.3 Å². The number of hydrogen-bond donors (Lipinski definition) is 0. The third kappa shape index (κ3) is 4.35. The SMILES string of the molecule is O=C([C@@H]1CCCN1[S+](=O)([O-])c1cccc(C(F)(F)F)c1)N1CCC(N2CCOC2=O)CC1. The predicted octanol–water partition coefficient (Wildman–Crippen LogP) is 2.52. The van der Waals surface area contributed by atoms with Crippen LogP contribution in [0.5, 0.6) is 0 Å². The molecule has 0 aromatic heterocycles. The van der Waals surface area contributed by atoms with Crippen LogP contribution in [0.15, 0.2) is 29.2 Å². The van der Waals surface area contributed by atoms with E-state index in [1.54, 1.807) is 9.80 Å². The van der Waals surface area contributed by atoms with Crippen LogP contribution in [0.4, 0.5) is 18.0 Å². The second-order valence-corrected chi connectivity index (χ2v) is 10.1. The Bertz CT molecular complexity index is 935. The molecular formula is C20H24F3N3O5S. The second-order valence-electron chi connectivity index (χ2n) is 8.16. The van der Waals surface area contributed by atoms with E-state index >= 15 is 0 Å². The molecule has 2 atom stereocenters. The molecule has 176 valence electrons. The molecule has 0 aliphatic carbocycles. The highest BCUT2D eigenvalue weighted by molar-refractivity contribution is 7.95. The molecule has 2 amide bonds. The zero-order valence-corrected chi connectivity index (χ0v) is 18.1. The van der Waals surface area contributed by atoms with Gasteiger partial charge in [0.2, 0.25) is 5.91 Å². The number of alkyl halides is 3. The fourth-order valence-electron chi connectivity index (χ4n) is 4.59. The van der Waals surface area contributed by atoms with E-state index < -0.39 is 33.1 Å². The molecule has 4 rings (SSSR count). The minimum absolute atomic E-state index is 0.0254. The normalized spacial score (nSPS) is 25.1. The van der Waals surface area contributed by atoms with E-state index in [9.17, 15) is 31.5 Å². The fourth-order valence-corrected chi connectivity index (χ4v) is 6.29. The summed E-state index contributed by atoms with van der Waals surface area (Å²) in [4.78, 5) is 27.7. The molecule has 3 aliphatic rings. The zero-order valence-electron chi connectivity index (χ0n) is 17.3. The maximum absolute atomic E-state index is 13.1. The molecule has 3 fully saturated rings. The molecule has 3 saturated heterocycles. The number of carbonyl (C=O) groups excluding carboxylic acids is 2. The summed E-state index contributed by atoms with van der Waals surface area (Å²) in [7, 11) is -4.27. The minimum atomic E-state index is -4.67. The summed E-state index contributed by atoms with van der Waals surface area (Å²) in [5.41, 5.74) is -1.05. The molecule has 32 heavy (non-hydrogen) atoms. The number of halogens is 3. The van der Waals surface area contributed by atoms with Gasteiger partial charge >= 0.3 is 12.3 Å². The summed E-state index contributed by atoms with van der Waals surface area (Å²) < 4.78 is 71.3. The number of cyclic esters (lactones) is 1. The van der Waals surface area contributed by atoms with E-state index in [1.807, 2.05) is 0 Å². The number of nitrogens with zero attached hydrogens (tertiary/aromatic N) is 3. The first-order chi connectivity index (χ1) is 15.1. The van der Waals surface area contributed by atoms with Crippen molar-refractivity contribution >= 4 is 22.4 Å². The maximum Gasteiger partial charge on any atom is 0.416 e. The van der Waals surface area contributed by atoms with Gasteiger partial charge in [-0.05, 0) is 37.8 Å². The third-order valence-electron chi connectivity index (χ3n) is 6.27. The van der Waals surface area contributed by atoms with Gasteiger partial charge in [0.05, 0.1) is 12.1 Å². The van der Waals surface area contributed by atoms with Crippen molar-refractivity contribution in [2.75, 3.05) is 32.8 Å². The van der Waals surface area contributed by atoms with E-state index in [0.29, 0.717) is 58.0 Å². The summed E-state index contributed by atoms with van der Waals surface area (Å²) in [6, 6.07) is 2.62. The maximum atomic E-state index is 13.1. The highest BCUT2D eigenvalue weighted by Gasteiger charge is 2.46. The van der Waals surface area contributed by atoms with Crippen molar-refractivity contribution in [3.63, 3.8) is 0 Å². The summed E-state index contributed by atoms with van der Waals surface area (Å²) in [6.07, 6.45) is -3.14. The van der Waals surface area contributed by atoms with Gasteiger partial charge in [0.25, 0.3) is 0 Å². The Hall–Kier alpha value is -2.18. The number of hydrogen-bond acceptors (Lipinski definition) is 5. The van der Waals surface area contributed by atoms with Crippen LogP contribution in [0, 0.1) is 0 Å². The molecular weight excluding hydrogens is 451 g/mol. The van der Waals surface area contributed by atoms with Gasteiger partial charge in [-0.25, -0.2) is 4.79 Å². The van der Waals surface area contributed by atoms with E-state index in [1.165, 1.54) is 0 Å². The summed E-state index contributed by atoms with van der Waals surface area (Å²) in [6.45, 7) is 1.69. The molecule has 3 aliphatic heterocycles. The molecule has 0 bridgehead atoms. The van der Waals surface area contributed by atoms with Crippen LogP contribution < -0.4 is 0 Å². The topological polar surface area (TPSA) is 93.2 Å². The van der Waals surface area contributed by atoms with E-state index in [0.717, 1.165) is 22.5 Å². The van der Waals surface area contributed by atoms with Crippen LogP contribution in [0.1, 0.15) is 31.2 Å². The number of benzene rings is 1. The number of amides is 2. The smallest absolute Gasteiger partial charge is 0.416 e. The molecule has 0 N–H and O–H groups in total. The largest absolute Gasteiger partial charge is 0.593 e. The Labute approximate surface area is 184 Å². The summed E-state index contributed by atoms with van der Waals surface area (Å²) in [5.74, 6) is -0.347. The van der Waals surface area contributed by atoms with Crippen LogP contribution in [-0.4, -0.2) is 75.5 Å². The van der Waals surface area contributed by atoms with E-state index in [4.69, 9.17) is 4.74 Å². The number of sulfonamides is 1. The predicted molar refractivity (Wildman–Crippen MR) is 106 cm³/mol. The minimum Gasteiger partial charge on any atom is -0.593 e. The van der Waals surface area contributed by atoms with Gasteiger partial charge in [0, 0.05) is 31.7 Å². The Morgan fingerprint density at radius 3 is 2.47 bits per heavy atom. The van der Waals surface area contributed by atoms with Gasteiger partial charge in [-0.2, -0.15) is 13.2 Å². The fraction of sp³-hybridized carbons (Fsp3) is 0.600. The van der Waals surface area contributed by atoms with Gasteiger partial charge in [-0.15, -0.1) is 4.31 Å². The Balaban J connectivity index is 1.46. The number of likely N-dealkylation sites (tertiary alicyclic amines) is 1. The second kappa shape index (κ2) is 8.64. The lowest BCUT2D eigenvalue weighted by molar-refractivity contribution is -0.138. The third-order valence-corrected chi connectivity index (χ3v) is 8.17. The van der Waals surface area contributed by atoms with Crippen molar-refractivity contribution in [3.8, 4) is 0 Å².